The van der Waals surface area contributed by atoms with Gasteiger partial charge in [0, 0.05) is 12.5 Å². The zero-order chi connectivity index (χ0) is 13.1. The molecule has 2 aromatic rings. The van der Waals surface area contributed by atoms with Crippen molar-refractivity contribution in [2.24, 2.45) is 5.84 Å². The number of benzene rings is 1. The molecular formula is C13H15N5O. The smallest absolute Gasteiger partial charge is 0.145 e. The van der Waals surface area contributed by atoms with Crippen molar-refractivity contribution in [1.29, 1.82) is 0 Å². The molecule has 1 aromatic heterocycles. The van der Waals surface area contributed by atoms with Crippen LogP contribution >= 0.6 is 0 Å². The van der Waals surface area contributed by atoms with Crippen LogP contribution in [0.3, 0.4) is 0 Å². The molecule has 0 fully saturated rings. The Hall–Kier alpha value is -2.34. The summed E-state index contributed by atoms with van der Waals surface area (Å²) in [7, 11) is 0. The normalized spacial score (nSPS) is 16.6. The molecule has 98 valence electrons. The second-order valence-corrected chi connectivity index (χ2v) is 4.37. The lowest BCUT2D eigenvalue weighted by atomic mass is 10.1. The quantitative estimate of drug-likeness (QED) is 0.563. The summed E-state index contributed by atoms with van der Waals surface area (Å²) in [5, 5.41) is 3.22. The fourth-order valence-electron chi connectivity index (χ4n) is 2.12. The Balaban J connectivity index is 1.59. The van der Waals surface area contributed by atoms with Crippen molar-refractivity contribution in [2.75, 3.05) is 17.3 Å². The fourth-order valence-corrected chi connectivity index (χ4v) is 2.12. The van der Waals surface area contributed by atoms with Crippen molar-refractivity contribution in [1.82, 2.24) is 9.97 Å². The van der Waals surface area contributed by atoms with Crippen LogP contribution in [0.4, 0.5) is 11.6 Å². The maximum Gasteiger partial charge on any atom is 0.145 e. The predicted octanol–water partition coefficient (Wildman–Crippen LogP) is 1.18. The third-order valence-electron chi connectivity index (χ3n) is 3.04. The highest BCUT2D eigenvalue weighted by Crippen LogP contribution is 2.28. The van der Waals surface area contributed by atoms with Crippen LogP contribution in [-0.2, 0) is 6.42 Å². The molecule has 0 aliphatic carbocycles. The van der Waals surface area contributed by atoms with Crippen LogP contribution in [0.1, 0.15) is 5.56 Å². The summed E-state index contributed by atoms with van der Waals surface area (Å²) in [6.07, 6.45) is 2.50. The largest absolute Gasteiger partial charge is 0.488 e. The molecule has 1 unspecified atom stereocenters. The Kier molecular flexibility index (Phi) is 3.16. The number of hydrogen-bond acceptors (Lipinski definition) is 6. The summed E-state index contributed by atoms with van der Waals surface area (Å²) >= 11 is 0. The number of fused-ring (bicyclic) bond motifs is 1. The van der Waals surface area contributed by atoms with E-state index in [1.165, 1.54) is 11.9 Å². The second kappa shape index (κ2) is 5.11. The average Bonchev–Trinajstić information content (AvgIpc) is 2.88. The van der Waals surface area contributed by atoms with Crippen molar-refractivity contribution >= 4 is 11.6 Å². The highest BCUT2D eigenvalue weighted by Gasteiger charge is 2.21. The minimum atomic E-state index is 0.127. The standard InChI is InChI=1S/C13H15N5O/c14-18-13-6-12(16-8-17-13)15-7-10-5-9-3-1-2-4-11(9)19-10/h1-4,6,8,10H,5,7,14H2,(H2,15,16,17,18). The molecule has 0 saturated carbocycles. The van der Waals surface area contributed by atoms with Crippen molar-refractivity contribution in [3.63, 3.8) is 0 Å². The first-order chi connectivity index (χ1) is 9.35. The van der Waals surface area contributed by atoms with E-state index in [4.69, 9.17) is 10.6 Å². The Morgan fingerprint density at radius 1 is 1.26 bits per heavy atom. The summed E-state index contributed by atoms with van der Waals surface area (Å²) in [5.41, 5.74) is 3.74. The predicted molar refractivity (Wildman–Crippen MR) is 72.9 cm³/mol. The Bertz CT molecular complexity index is 549. The number of rotatable bonds is 4. The van der Waals surface area contributed by atoms with Gasteiger partial charge in [0.15, 0.2) is 0 Å². The number of ether oxygens (including phenoxy) is 1. The van der Waals surface area contributed by atoms with Crippen molar-refractivity contribution in [3.8, 4) is 5.75 Å². The molecule has 1 atom stereocenters. The first-order valence-electron chi connectivity index (χ1n) is 6.12. The van der Waals surface area contributed by atoms with Gasteiger partial charge in [-0.05, 0) is 11.6 Å². The summed E-state index contributed by atoms with van der Waals surface area (Å²) in [4.78, 5) is 8.08. The first-order valence-corrected chi connectivity index (χ1v) is 6.12. The monoisotopic (exact) mass is 257 g/mol. The summed E-state index contributed by atoms with van der Waals surface area (Å²) in [6, 6.07) is 9.86. The van der Waals surface area contributed by atoms with E-state index in [2.05, 4.69) is 26.8 Å². The van der Waals surface area contributed by atoms with Gasteiger partial charge < -0.3 is 15.5 Å². The lowest BCUT2D eigenvalue weighted by Gasteiger charge is -2.12. The lowest BCUT2D eigenvalue weighted by Crippen LogP contribution is -2.24. The van der Waals surface area contributed by atoms with Gasteiger partial charge in [-0.15, -0.1) is 0 Å². The second-order valence-electron chi connectivity index (χ2n) is 4.37. The third kappa shape index (κ3) is 2.58. The molecule has 0 bridgehead atoms. The van der Waals surface area contributed by atoms with Gasteiger partial charge >= 0.3 is 0 Å². The minimum Gasteiger partial charge on any atom is -0.488 e. The van der Waals surface area contributed by atoms with Crippen LogP contribution in [0.25, 0.3) is 0 Å². The SMILES string of the molecule is NNc1cc(NCC2Cc3ccccc3O2)ncn1. The molecule has 0 radical (unpaired) electrons. The molecule has 3 rings (SSSR count). The topological polar surface area (TPSA) is 85.1 Å². The lowest BCUT2D eigenvalue weighted by molar-refractivity contribution is 0.246. The van der Waals surface area contributed by atoms with Crippen molar-refractivity contribution in [3.05, 3.63) is 42.2 Å². The first kappa shape index (κ1) is 11.7. The van der Waals surface area contributed by atoms with Gasteiger partial charge in [-0.3, -0.25) is 0 Å². The summed E-state index contributed by atoms with van der Waals surface area (Å²) in [5.74, 6) is 7.58. The number of anilines is 2. The highest BCUT2D eigenvalue weighted by atomic mass is 16.5. The highest BCUT2D eigenvalue weighted by molar-refractivity contribution is 5.46. The summed E-state index contributed by atoms with van der Waals surface area (Å²) in [6.45, 7) is 0.690. The number of nitrogens with two attached hydrogens (primary N) is 1. The number of nitrogens with one attached hydrogen (secondary N) is 2. The van der Waals surface area contributed by atoms with Crippen LogP contribution < -0.4 is 21.3 Å². The van der Waals surface area contributed by atoms with Gasteiger partial charge in [-0.25, -0.2) is 15.8 Å². The molecule has 1 aliphatic heterocycles. The molecule has 0 spiro atoms. The van der Waals surface area contributed by atoms with E-state index in [0.717, 1.165) is 18.0 Å². The number of aromatic nitrogens is 2. The molecule has 1 aromatic carbocycles. The zero-order valence-corrected chi connectivity index (χ0v) is 10.3. The third-order valence-corrected chi connectivity index (χ3v) is 3.04. The Morgan fingerprint density at radius 2 is 2.11 bits per heavy atom. The van der Waals surface area contributed by atoms with Gasteiger partial charge in [0.05, 0.1) is 6.54 Å². The van der Waals surface area contributed by atoms with Crippen LogP contribution in [0, 0.1) is 0 Å². The summed E-state index contributed by atoms with van der Waals surface area (Å²) < 4.78 is 5.84. The van der Waals surface area contributed by atoms with Crippen molar-refractivity contribution < 1.29 is 4.74 Å². The number of hydrogen-bond donors (Lipinski definition) is 3. The number of para-hydroxylation sites is 1. The molecule has 4 N–H and O–H groups in total. The molecule has 2 heterocycles. The Labute approximate surface area is 111 Å². The van der Waals surface area contributed by atoms with Gasteiger partial charge in [-0.1, -0.05) is 18.2 Å². The number of hydrazine groups is 1. The zero-order valence-electron chi connectivity index (χ0n) is 10.3. The van der Waals surface area contributed by atoms with E-state index < -0.39 is 0 Å². The van der Waals surface area contributed by atoms with Crippen LogP contribution in [-0.4, -0.2) is 22.6 Å². The fraction of sp³-hybridized carbons (Fsp3) is 0.231. The van der Waals surface area contributed by atoms with E-state index in [1.54, 1.807) is 6.07 Å². The van der Waals surface area contributed by atoms with Gasteiger partial charge in [0.25, 0.3) is 0 Å². The molecule has 6 heteroatoms. The van der Waals surface area contributed by atoms with E-state index >= 15 is 0 Å². The molecule has 0 amide bonds. The Morgan fingerprint density at radius 3 is 2.95 bits per heavy atom. The van der Waals surface area contributed by atoms with Crippen molar-refractivity contribution in [2.45, 2.75) is 12.5 Å². The van der Waals surface area contributed by atoms with E-state index in [9.17, 15) is 0 Å². The maximum absolute atomic E-state index is 5.84. The molecule has 1 aliphatic rings. The molecule has 0 saturated heterocycles. The average molecular weight is 257 g/mol. The van der Waals surface area contributed by atoms with Gasteiger partial charge in [-0.2, -0.15) is 0 Å². The molecule has 6 nitrogen and oxygen atoms in total. The molecule has 19 heavy (non-hydrogen) atoms. The van der Waals surface area contributed by atoms with Crippen LogP contribution in [0.15, 0.2) is 36.7 Å². The maximum atomic E-state index is 5.84. The van der Waals surface area contributed by atoms with Crippen LogP contribution in [0.2, 0.25) is 0 Å². The number of nitrogens with zero attached hydrogens (tertiary/aromatic N) is 2. The minimum absolute atomic E-state index is 0.127. The van der Waals surface area contributed by atoms with E-state index in [0.29, 0.717) is 12.4 Å². The van der Waals surface area contributed by atoms with E-state index in [-0.39, 0.29) is 6.10 Å². The van der Waals surface area contributed by atoms with Gasteiger partial charge in [0.2, 0.25) is 0 Å². The van der Waals surface area contributed by atoms with E-state index in [1.807, 2.05) is 18.2 Å². The van der Waals surface area contributed by atoms with Gasteiger partial charge in [0.1, 0.15) is 29.8 Å². The number of nitrogen functional groups attached to an aromatic ring is 1. The molecular weight excluding hydrogens is 242 g/mol. The van der Waals surface area contributed by atoms with Crippen LogP contribution in [0.5, 0.6) is 5.75 Å².